The van der Waals surface area contributed by atoms with Crippen LogP contribution in [0.3, 0.4) is 0 Å². The summed E-state index contributed by atoms with van der Waals surface area (Å²) in [5.74, 6) is 0.724. The van der Waals surface area contributed by atoms with Crippen molar-refractivity contribution < 1.29 is 4.79 Å². The van der Waals surface area contributed by atoms with Gasteiger partial charge < -0.3 is 9.47 Å². The number of rotatable bonds is 6. The van der Waals surface area contributed by atoms with Crippen molar-refractivity contribution in [3.8, 4) is 11.3 Å². The van der Waals surface area contributed by atoms with Crippen LogP contribution in [0.25, 0.3) is 22.3 Å². The molecule has 0 aliphatic carbocycles. The molecule has 1 aliphatic rings. The van der Waals surface area contributed by atoms with Crippen LogP contribution in [-0.2, 0) is 17.8 Å². The molecule has 4 aromatic rings. The number of nitrogens with zero attached hydrogens (tertiary/aromatic N) is 4. The highest BCUT2D eigenvalue weighted by Gasteiger charge is 2.32. The summed E-state index contributed by atoms with van der Waals surface area (Å²) in [4.78, 5) is 19.8. The Balaban J connectivity index is 1.22. The molecule has 3 aromatic heterocycles. The van der Waals surface area contributed by atoms with Gasteiger partial charge in [-0.05, 0) is 56.4 Å². The number of aromatic amines is 1. The van der Waals surface area contributed by atoms with Gasteiger partial charge in [0.1, 0.15) is 0 Å². The summed E-state index contributed by atoms with van der Waals surface area (Å²) >= 11 is 0. The molecule has 1 amide bonds. The fraction of sp³-hybridized carbons (Fsp3) is 0.346. The van der Waals surface area contributed by atoms with Crippen molar-refractivity contribution in [2.45, 2.75) is 45.7 Å². The molecule has 164 valence electrons. The molecule has 1 saturated heterocycles. The first-order chi connectivity index (χ1) is 15.6. The van der Waals surface area contributed by atoms with Crippen molar-refractivity contribution in [2.24, 2.45) is 5.92 Å². The first-order valence-corrected chi connectivity index (χ1v) is 11.4. The highest BCUT2D eigenvalue weighted by atomic mass is 16.2. The summed E-state index contributed by atoms with van der Waals surface area (Å²) in [6.45, 7) is 6.00. The average Bonchev–Trinajstić information content (AvgIpc) is 3.54. The third-order valence-electron chi connectivity index (χ3n) is 6.60. The smallest absolute Gasteiger partial charge is 0.223 e. The normalized spacial score (nSPS) is 18.5. The minimum atomic E-state index is 0.268. The number of nitrogens with one attached hydrogen (secondary N) is 1. The Morgan fingerprint density at radius 2 is 2.00 bits per heavy atom. The molecule has 5 rings (SSSR count). The molecule has 1 N–H and O–H groups in total. The maximum absolute atomic E-state index is 12.9. The summed E-state index contributed by atoms with van der Waals surface area (Å²) in [6.07, 6.45) is 8.18. The van der Waals surface area contributed by atoms with E-state index in [0.29, 0.717) is 12.3 Å². The van der Waals surface area contributed by atoms with E-state index in [1.54, 1.807) is 6.20 Å². The van der Waals surface area contributed by atoms with Gasteiger partial charge in [-0.2, -0.15) is 5.10 Å². The Morgan fingerprint density at radius 1 is 1.16 bits per heavy atom. The van der Waals surface area contributed by atoms with Crippen molar-refractivity contribution in [1.82, 2.24) is 24.6 Å². The standard InChI is InChI=1S/C26H29N5O/c1-18-3-5-20(6-4-18)7-10-26(32)31-17-21(13-19(31)2)16-30-12-11-24-25(30)9-8-23(29-24)22-14-27-28-15-22/h3-6,8-9,11-12,14-15,19,21H,7,10,13,16-17H2,1-2H3,(H,27,28)/t19-,21-/m0/s1. The molecule has 0 radical (unpaired) electrons. The zero-order valence-corrected chi connectivity index (χ0v) is 18.7. The zero-order chi connectivity index (χ0) is 22.1. The van der Waals surface area contributed by atoms with E-state index in [1.807, 2.05) is 12.3 Å². The van der Waals surface area contributed by atoms with Crippen LogP contribution in [0.5, 0.6) is 0 Å². The molecule has 32 heavy (non-hydrogen) atoms. The van der Waals surface area contributed by atoms with E-state index in [2.05, 4.69) is 76.1 Å². The molecule has 0 unspecified atom stereocenters. The van der Waals surface area contributed by atoms with Crippen LogP contribution in [0.1, 0.15) is 30.9 Å². The Kier molecular flexibility index (Phi) is 5.52. The highest BCUT2D eigenvalue weighted by molar-refractivity contribution is 5.79. The second kappa shape index (κ2) is 8.61. The molecule has 0 saturated carbocycles. The molecular formula is C26H29N5O. The van der Waals surface area contributed by atoms with E-state index in [0.717, 1.165) is 48.2 Å². The molecule has 6 heteroatoms. The fourth-order valence-electron chi connectivity index (χ4n) is 4.83. The van der Waals surface area contributed by atoms with Crippen LogP contribution in [0.15, 0.2) is 61.1 Å². The maximum atomic E-state index is 12.9. The van der Waals surface area contributed by atoms with E-state index in [9.17, 15) is 4.79 Å². The molecule has 6 nitrogen and oxygen atoms in total. The third-order valence-corrected chi connectivity index (χ3v) is 6.60. The van der Waals surface area contributed by atoms with Gasteiger partial charge in [-0.15, -0.1) is 0 Å². The Bertz CT molecular complexity index is 1210. The average molecular weight is 428 g/mol. The molecule has 0 bridgehead atoms. The lowest BCUT2D eigenvalue weighted by Gasteiger charge is -2.21. The van der Waals surface area contributed by atoms with Crippen molar-refractivity contribution >= 4 is 16.9 Å². The van der Waals surface area contributed by atoms with Crippen LogP contribution in [-0.4, -0.2) is 43.1 Å². The van der Waals surface area contributed by atoms with Gasteiger partial charge in [-0.1, -0.05) is 29.8 Å². The first-order valence-electron chi connectivity index (χ1n) is 11.4. The number of hydrogen-bond acceptors (Lipinski definition) is 3. The minimum Gasteiger partial charge on any atom is -0.346 e. The first kappa shape index (κ1) is 20.5. The number of H-pyrrole nitrogens is 1. The monoisotopic (exact) mass is 427 g/mol. The number of aromatic nitrogens is 4. The van der Waals surface area contributed by atoms with Crippen LogP contribution in [0.2, 0.25) is 0 Å². The predicted molar refractivity (Wildman–Crippen MR) is 126 cm³/mol. The van der Waals surface area contributed by atoms with Gasteiger partial charge in [0.2, 0.25) is 5.91 Å². The molecule has 1 fully saturated rings. The van der Waals surface area contributed by atoms with Gasteiger partial charge in [-0.3, -0.25) is 9.89 Å². The van der Waals surface area contributed by atoms with E-state index in [-0.39, 0.29) is 11.9 Å². The Hall–Kier alpha value is -3.41. The number of aryl methyl sites for hydroxylation is 2. The molecule has 2 atom stereocenters. The zero-order valence-electron chi connectivity index (χ0n) is 18.7. The summed E-state index contributed by atoms with van der Waals surface area (Å²) in [7, 11) is 0. The van der Waals surface area contributed by atoms with Crippen LogP contribution in [0, 0.1) is 12.8 Å². The Labute approximate surface area is 188 Å². The number of fused-ring (bicyclic) bond motifs is 1. The number of likely N-dealkylation sites (tertiary alicyclic amines) is 1. The molecule has 0 spiro atoms. The number of benzene rings is 1. The lowest BCUT2D eigenvalue weighted by molar-refractivity contribution is -0.131. The van der Waals surface area contributed by atoms with Gasteiger partial charge >= 0.3 is 0 Å². The predicted octanol–water partition coefficient (Wildman–Crippen LogP) is 4.60. The van der Waals surface area contributed by atoms with Gasteiger partial charge in [0, 0.05) is 43.5 Å². The summed E-state index contributed by atoms with van der Waals surface area (Å²) in [6, 6.07) is 15.0. The second-order valence-electron chi connectivity index (χ2n) is 9.04. The molecular weight excluding hydrogens is 398 g/mol. The number of carbonyl (C=O) groups excluding carboxylic acids is 1. The lowest BCUT2D eigenvalue weighted by Crippen LogP contribution is -2.34. The van der Waals surface area contributed by atoms with Crippen molar-refractivity contribution in [1.29, 1.82) is 0 Å². The largest absolute Gasteiger partial charge is 0.346 e. The minimum absolute atomic E-state index is 0.268. The van der Waals surface area contributed by atoms with Gasteiger partial charge in [0.15, 0.2) is 0 Å². The van der Waals surface area contributed by atoms with Crippen LogP contribution < -0.4 is 0 Å². The molecule has 1 aliphatic heterocycles. The number of hydrogen-bond donors (Lipinski definition) is 1. The van der Waals surface area contributed by atoms with Crippen molar-refractivity contribution in [3.05, 3.63) is 72.2 Å². The van der Waals surface area contributed by atoms with Gasteiger partial charge in [0.25, 0.3) is 0 Å². The topological polar surface area (TPSA) is 66.8 Å². The number of pyridine rings is 1. The quantitative estimate of drug-likeness (QED) is 0.489. The summed E-state index contributed by atoms with van der Waals surface area (Å²) in [5, 5.41) is 6.85. The van der Waals surface area contributed by atoms with Crippen LogP contribution in [0.4, 0.5) is 0 Å². The SMILES string of the molecule is Cc1ccc(CCC(=O)N2C[C@H](Cn3ccc4nc(-c5cn[nH]c5)ccc43)C[C@@H]2C)cc1. The summed E-state index contributed by atoms with van der Waals surface area (Å²) < 4.78 is 2.28. The molecule has 4 heterocycles. The van der Waals surface area contributed by atoms with E-state index in [4.69, 9.17) is 4.98 Å². The summed E-state index contributed by atoms with van der Waals surface area (Å²) in [5.41, 5.74) is 6.51. The van der Waals surface area contributed by atoms with Gasteiger partial charge in [0.05, 0.1) is 22.9 Å². The van der Waals surface area contributed by atoms with Crippen molar-refractivity contribution in [2.75, 3.05) is 6.54 Å². The third kappa shape index (κ3) is 4.17. The number of carbonyl (C=O) groups is 1. The highest BCUT2D eigenvalue weighted by Crippen LogP contribution is 2.28. The lowest BCUT2D eigenvalue weighted by atomic mass is 10.1. The fourth-order valence-corrected chi connectivity index (χ4v) is 4.83. The second-order valence-corrected chi connectivity index (χ2v) is 9.04. The van der Waals surface area contributed by atoms with E-state index >= 15 is 0 Å². The number of amides is 1. The maximum Gasteiger partial charge on any atom is 0.223 e. The molecule has 1 aromatic carbocycles. The van der Waals surface area contributed by atoms with E-state index < -0.39 is 0 Å². The van der Waals surface area contributed by atoms with Crippen LogP contribution >= 0.6 is 0 Å². The van der Waals surface area contributed by atoms with E-state index in [1.165, 1.54) is 11.1 Å². The van der Waals surface area contributed by atoms with Gasteiger partial charge in [-0.25, -0.2) is 4.98 Å². The Morgan fingerprint density at radius 3 is 2.78 bits per heavy atom. The van der Waals surface area contributed by atoms with Crippen molar-refractivity contribution in [3.63, 3.8) is 0 Å².